The minimum absolute atomic E-state index is 0.250. The van der Waals surface area contributed by atoms with Gasteiger partial charge in [-0.2, -0.15) is 0 Å². The largest absolute Gasteiger partial charge is 0.464 e. The molecule has 0 spiro atoms. The SMILES string of the molecule is CCOC(=O)C1Nc2ccccc2Sn2cccc21. The lowest BCUT2D eigenvalue weighted by Crippen LogP contribution is -2.23. The van der Waals surface area contributed by atoms with E-state index < -0.39 is 6.04 Å². The molecule has 1 N–H and O–H groups in total. The van der Waals surface area contributed by atoms with Crippen LogP contribution in [0.2, 0.25) is 0 Å². The Hall–Kier alpha value is -1.88. The molecule has 0 radical (unpaired) electrons. The summed E-state index contributed by atoms with van der Waals surface area (Å²) >= 11 is 1.60. The summed E-state index contributed by atoms with van der Waals surface area (Å²) in [7, 11) is 0. The number of aromatic nitrogens is 1. The third-order valence-electron chi connectivity index (χ3n) is 2.94. The lowest BCUT2D eigenvalue weighted by molar-refractivity contribution is -0.144. The van der Waals surface area contributed by atoms with Crippen LogP contribution >= 0.6 is 11.9 Å². The molecule has 0 saturated carbocycles. The summed E-state index contributed by atoms with van der Waals surface area (Å²) in [5, 5.41) is 3.27. The average Bonchev–Trinajstić information content (AvgIpc) is 2.80. The number of fused-ring (bicyclic) bond motifs is 2. The lowest BCUT2D eigenvalue weighted by Gasteiger charge is -2.16. The molecule has 19 heavy (non-hydrogen) atoms. The van der Waals surface area contributed by atoms with Gasteiger partial charge < -0.3 is 10.1 Å². The Morgan fingerprint density at radius 3 is 3.05 bits per heavy atom. The maximum atomic E-state index is 12.1. The molecule has 0 bridgehead atoms. The van der Waals surface area contributed by atoms with Crippen LogP contribution in [0, 0.1) is 0 Å². The zero-order valence-corrected chi connectivity index (χ0v) is 11.3. The predicted octanol–water partition coefficient (Wildman–Crippen LogP) is 3.07. The second-order valence-corrected chi connectivity index (χ2v) is 5.19. The molecule has 0 amide bonds. The summed E-state index contributed by atoms with van der Waals surface area (Å²) in [5.41, 5.74) is 1.86. The van der Waals surface area contributed by atoms with Crippen molar-refractivity contribution in [2.24, 2.45) is 0 Å². The molecule has 0 aliphatic carbocycles. The van der Waals surface area contributed by atoms with E-state index in [-0.39, 0.29) is 5.97 Å². The highest BCUT2D eigenvalue weighted by Gasteiger charge is 2.28. The van der Waals surface area contributed by atoms with Crippen LogP contribution in [0.5, 0.6) is 0 Å². The standard InChI is InChI=1S/C14H14N2O2S/c1-2-18-14(17)13-11-7-5-9-16(11)19-12-8-4-3-6-10(12)15-13/h3-9,13,15H,2H2,1H3. The van der Waals surface area contributed by atoms with Gasteiger partial charge in [0.05, 0.1) is 22.9 Å². The van der Waals surface area contributed by atoms with Gasteiger partial charge in [-0.05, 0) is 43.1 Å². The molecule has 1 aromatic carbocycles. The molecule has 1 unspecified atom stereocenters. The summed E-state index contributed by atoms with van der Waals surface area (Å²) in [5.74, 6) is -0.250. The first kappa shape index (κ1) is 12.2. The Morgan fingerprint density at radius 2 is 2.21 bits per heavy atom. The highest BCUT2D eigenvalue weighted by atomic mass is 32.2. The molecule has 4 nitrogen and oxygen atoms in total. The molecule has 0 saturated heterocycles. The van der Waals surface area contributed by atoms with E-state index >= 15 is 0 Å². The average molecular weight is 274 g/mol. The van der Waals surface area contributed by atoms with E-state index in [1.165, 1.54) is 0 Å². The minimum Gasteiger partial charge on any atom is -0.464 e. The smallest absolute Gasteiger partial charge is 0.334 e. The molecule has 98 valence electrons. The van der Waals surface area contributed by atoms with Gasteiger partial charge in [-0.1, -0.05) is 12.1 Å². The Bertz CT molecular complexity index is 609. The number of rotatable bonds is 2. The van der Waals surface area contributed by atoms with Gasteiger partial charge in [-0.25, -0.2) is 4.79 Å². The zero-order valence-electron chi connectivity index (χ0n) is 10.5. The van der Waals surface area contributed by atoms with Crippen molar-refractivity contribution in [2.45, 2.75) is 17.9 Å². The van der Waals surface area contributed by atoms with Crippen LogP contribution < -0.4 is 5.32 Å². The second-order valence-electron chi connectivity index (χ2n) is 4.18. The highest BCUT2D eigenvalue weighted by molar-refractivity contribution is 7.98. The first-order chi connectivity index (χ1) is 9.29. The summed E-state index contributed by atoms with van der Waals surface area (Å²) in [6, 6.07) is 11.4. The van der Waals surface area contributed by atoms with Crippen LogP contribution in [-0.2, 0) is 9.53 Å². The van der Waals surface area contributed by atoms with Crippen LogP contribution in [0.3, 0.4) is 0 Å². The number of hydrogen-bond donors (Lipinski definition) is 1. The molecular weight excluding hydrogens is 260 g/mol. The molecule has 1 aliphatic heterocycles. The van der Waals surface area contributed by atoms with Gasteiger partial charge in [0.1, 0.15) is 0 Å². The van der Waals surface area contributed by atoms with Gasteiger partial charge in [0.25, 0.3) is 0 Å². The fourth-order valence-electron chi connectivity index (χ4n) is 2.09. The third kappa shape index (κ3) is 2.21. The first-order valence-corrected chi connectivity index (χ1v) is 6.94. The van der Waals surface area contributed by atoms with Crippen LogP contribution in [0.4, 0.5) is 5.69 Å². The van der Waals surface area contributed by atoms with E-state index in [4.69, 9.17) is 4.74 Å². The number of para-hydroxylation sites is 1. The number of benzene rings is 1. The summed E-state index contributed by atoms with van der Waals surface area (Å²) in [6.45, 7) is 2.20. The van der Waals surface area contributed by atoms with Crippen LogP contribution in [-0.4, -0.2) is 16.5 Å². The number of anilines is 1. The second kappa shape index (κ2) is 5.01. The molecule has 2 heterocycles. The first-order valence-electron chi connectivity index (χ1n) is 6.17. The summed E-state index contributed by atoms with van der Waals surface area (Å²) in [6.07, 6.45) is 1.95. The van der Waals surface area contributed by atoms with E-state index in [0.717, 1.165) is 16.3 Å². The van der Waals surface area contributed by atoms with Crippen molar-refractivity contribution < 1.29 is 9.53 Å². The molecular formula is C14H14N2O2S. The molecule has 1 aliphatic rings. The van der Waals surface area contributed by atoms with Gasteiger partial charge in [-0.15, -0.1) is 0 Å². The van der Waals surface area contributed by atoms with Crippen molar-refractivity contribution in [3.8, 4) is 0 Å². The number of esters is 1. The Morgan fingerprint density at radius 1 is 1.37 bits per heavy atom. The van der Waals surface area contributed by atoms with Crippen molar-refractivity contribution >= 4 is 23.6 Å². The number of hydrogen-bond acceptors (Lipinski definition) is 4. The maximum absolute atomic E-state index is 12.1. The Kier molecular flexibility index (Phi) is 3.21. The Labute approximate surface area is 115 Å². The molecule has 1 atom stereocenters. The van der Waals surface area contributed by atoms with E-state index in [9.17, 15) is 4.79 Å². The van der Waals surface area contributed by atoms with E-state index in [0.29, 0.717) is 6.61 Å². The molecule has 5 heteroatoms. The fraction of sp³-hybridized carbons (Fsp3) is 0.214. The summed E-state index contributed by atoms with van der Waals surface area (Å²) < 4.78 is 7.15. The van der Waals surface area contributed by atoms with Crippen molar-refractivity contribution in [1.82, 2.24) is 3.97 Å². The number of ether oxygens (including phenoxy) is 1. The van der Waals surface area contributed by atoms with E-state index in [2.05, 4.69) is 5.32 Å². The molecule has 1 aromatic heterocycles. The van der Waals surface area contributed by atoms with Crippen molar-refractivity contribution in [1.29, 1.82) is 0 Å². The monoisotopic (exact) mass is 274 g/mol. The van der Waals surface area contributed by atoms with E-state index in [1.54, 1.807) is 11.9 Å². The van der Waals surface area contributed by atoms with Crippen molar-refractivity contribution in [2.75, 3.05) is 11.9 Å². The van der Waals surface area contributed by atoms with Crippen LogP contribution in [0.1, 0.15) is 18.7 Å². The molecule has 0 fully saturated rings. The summed E-state index contributed by atoms with van der Waals surface area (Å²) in [4.78, 5) is 13.2. The maximum Gasteiger partial charge on any atom is 0.334 e. The van der Waals surface area contributed by atoms with Gasteiger partial charge in [0, 0.05) is 6.20 Å². The van der Waals surface area contributed by atoms with Crippen molar-refractivity contribution in [3.05, 3.63) is 48.3 Å². The quantitative estimate of drug-likeness (QED) is 0.855. The van der Waals surface area contributed by atoms with Gasteiger partial charge in [0.2, 0.25) is 0 Å². The number of nitrogens with zero attached hydrogens (tertiary/aromatic N) is 1. The molecule has 2 aromatic rings. The van der Waals surface area contributed by atoms with Crippen molar-refractivity contribution in [3.63, 3.8) is 0 Å². The minimum atomic E-state index is -0.467. The van der Waals surface area contributed by atoms with Crippen LogP contribution in [0.25, 0.3) is 0 Å². The van der Waals surface area contributed by atoms with Crippen LogP contribution in [0.15, 0.2) is 47.5 Å². The normalized spacial score (nSPS) is 16.8. The van der Waals surface area contributed by atoms with Gasteiger partial charge in [0.15, 0.2) is 6.04 Å². The molecule has 3 rings (SSSR count). The number of carbonyl (C=O) groups is 1. The third-order valence-corrected chi connectivity index (χ3v) is 4.03. The number of nitrogens with one attached hydrogen (secondary N) is 1. The fourth-order valence-corrected chi connectivity index (χ4v) is 3.07. The predicted molar refractivity (Wildman–Crippen MR) is 75.1 cm³/mol. The highest BCUT2D eigenvalue weighted by Crippen LogP contribution is 2.37. The lowest BCUT2D eigenvalue weighted by atomic mass is 10.2. The number of carbonyl (C=O) groups excluding carboxylic acids is 1. The van der Waals surface area contributed by atoms with Gasteiger partial charge in [-0.3, -0.25) is 3.97 Å². The topological polar surface area (TPSA) is 43.3 Å². The van der Waals surface area contributed by atoms with E-state index in [1.807, 2.05) is 53.5 Å². The zero-order chi connectivity index (χ0) is 13.2. The Balaban J connectivity index is 2.04. The van der Waals surface area contributed by atoms with Gasteiger partial charge >= 0.3 is 5.97 Å².